The number of hydrogen-bond acceptors (Lipinski definition) is 1. The second kappa shape index (κ2) is 8.07. The summed E-state index contributed by atoms with van der Waals surface area (Å²) in [4.78, 5) is 0. The summed E-state index contributed by atoms with van der Waals surface area (Å²) in [6.07, 6.45) is 12.6. The Bertz CT molecular complexity index is 653. The fourth-order valence-electron chi connectivity index (χ4n) is 10.2. The molecule has 9 atom stereocenters. The lowest BCUT2D eigenvalue weighted by atomic mass is 9.41. The standard InChI is InChI=1S/C29H52O/c1-19(2)9-8-10-20(3)23-12-13-24-22-11-14-26-27(4,5)17-21(30)18-29(26,7)25(22)15-16-28(23,24)6/h19-26,30H,8-18H2,1-7H3/t20-,21-,22+,23-,24+,25+,26+,28-,29-/m1/s1/i21D. The van der Waals surface area contributed by atoms with Crippen molar-refractivity contribution >= 4 is 0 Å². The monoisotopic (exact) mass is 417 g/mol. The molecule has 30 heavy (non-hydrogen) atoms. The van der Waals surface area contributed by atoms with Crippen LogP contribution in [0.15, 0.2) is 0 Å². The zero-order valence-electron chi connectivity index (χ0n) is 22.3. The second-order valence-corrected chi connectivity index (χ2v) is 14.0. The average molecular weight is 418 g/mol. The molecule has 0 aromatic carbocycles. The van der Waals surface area contributed by atoms with E-state index in [1.54, 1.807) is 0 Å². The van der Waals surface area contributed by atoms with Crippen LogP contribution in [0.2, 0.25) is 0 Å². The Labute approximate surface area is 189 Å². The predicted molar refractivity (Wildman–Crippen MR) is 128 cm³/mol. The van der Waals surface area contributed by atoms with Crippen molar-refractivity contribution < 1.29 is 6.48 Å². The highest BCUT2D eigenvalue weighted by Gasteiger charge is 2.63. The van der Waals surface area contributed by atoms with E-state index in [1.165, 1.54) is 57.8 Å². The Balaban J connectivity index is 1.53. The van der Waals surface area contributed by atoms with Gasteiger partial charge < -0.3 is 5.11 Å². The molecule has 0 amide bonds. The van der Waals surface area contributed by atoms with Crippen LogP contribution < -0.4 is 0 Å². The SMILES string of the molecule is [2H][C@@]1(O)CC(C)(C)[C@@H]2CC[C@H]3[C@@H]4CC[C@H]([C@H](C)CCCC(C)C)[C@@]4(C)CC[C@@H]3[C@@]2(C)C1. The molecule has 174 valence electrons. The van der Waals surface area contributed by atoms with Crippen LogP contribution in [0.5, 0.6) is 0 Å². The minimum atomic E-state index is -1.24. The maximum absolute atomic E-state index is 10.9. The molecular formula is C29H52O. The third kappa shape index (κ3) is 3.72. The lowest BCUT2D eigenvalue weighted by Gasteiger charge is -2.64. The smallest absolute Gasteiger partial charge is 0.0601 e. The van der Waals surface area contributed by atoms with E-state index < -0.39 is 6.08 Å². The quantitative estimate of drug-likeness (QED) is 0.479. The van der Waals surface area contributed by atoms with E-state index in [9.17, 15) is 5.11 Å². The summed E-state index contributed by atoms with van der Waals surface area (Å²) in [6.45, 7) is 17.1. The van der Waals surface area contributed by atoms with E-state index in [1.807, 2.05) is 0 Å². The molecule has 0 aliphatic heterocycles. The van der Waals surface area contributed by atoms with Gasteiger partial charge in [0.15, 0.2) is 0 Å². The molecule has 0 bridgehead atoms. The van der Waals surface area contributed by atoms with Crippen molar-refractivity contribution in [3.05, 3.63) is 0 Å². The molecule has 4 aliphatic carbocycles. The van der Waals surface area contributed by atoms with Gasteiger partial charge in [0.2, 0.25) is 0 Å². The first-order valence-corrected chi connectivity index (χ1v) is 13.5. The van der Waals surface area contributed by atoms with Gasteiger partial charge in [-0.25, -0.2) is 0 Å². The number of aliphatic hydroxyl groups is 1. The molecule has 0 spiro atoms. The van der Waals surface area contributed by atoms with Crippen LogP contribution in [-0.2, 0) is 0 Å². The molecule has 0 aromatic heterocycles. The van der Waals surface area contributed by atoms with Gasteiger partial charge in [0.25, 0.3) is 0 Å². The molecule has 0 aromatic rings. The predicted octanol–water partition coefficient (Wildman–Crippen LogP) is 8.10. The van der Waals surface area contributed by atoms with Gasteiger partial charge in [-0.2, -0.15) is 0 Å². The van der Waals surface area contributed by atoms with Crippen LogP contribution >= 0.6 is 0 Å². The molecule has 4 aliphatic rings. The van der Waals surface area contributed by atoms with E-state index in [4.69, 9.17) is 1.37 Å². The van der Waals surface area contributed by atoms with Crippen LogP contribution in [0.1, 0.15) is 120 Å². The van der Waals surface area contributed by atoms with Crippen molar-refractivity contribution in [2.24, 2.45) is 57.7 Å². The maximum Gasteiger partial charge on any atom is 0.0601 e. The van der Waals surface area contributed by atoms with E-state index in [0.717, 1.165) is 35.5 Å². The number of fused-ring (bicyclic) bond motifs is 5. The van der Waals surface area contributed by atoms with Crippen molar-refractivity contribution in [1.82, 2.24) is 0 Å². The number of hydrogen-bond donors (Lipinski definition) is 1. The van der Waals surface area contributed by atoms with Gasteiger partial charge in [-0.1, -0.05) is 67.7 Å². The highest BCUT2D eigenvalue weighted by Crippen LogP contribution is 2.70. The fraction of sp³-hybridized carbons (Fsp3) is 1.00. The maximum atomic E-state index is 10.9. The van der Waals surface area contributed by atoms with Crippen LogP contribution in [0.25, 0.3) is 0 Å². The molecule has 0 radical (unpaired) electrons. The Morgan fingerprint density at radius 2 is 1.57 bits per heavy atom. The van der Waals surface area contributed by atoms with Gasteiger partial charge in [-0.3, -0.25) is 0 Å². The van der Waals surface area contributed by atoms with E-state index in [2.05, 4.69) is 48.5 Å². The average Bonchev–Trinajstić information content (AvgIpc) is 2.96. The highest BCUT2D eigenvalue weighted by molar-refractivity contribution is 5.12. The van der Waals surface area contributed by atoms with Gasteiger partial charge in [0.05, 0.1) is 7.45 Å². The van der Waals surface area contributed by atoms with Crippen LogP contribution in [0.4, 0.5) is 0 Å². The molecule has 0 unspecified atom stereocenters. The van der Waals surface area contributed by atoms with Crippen molar-refractivity contribution in [2.45, 2.75) is 125 Å². The van der Waals surface area contributed by atoms with Gasteiger partial charge in [0.1, 0.15) is 0 Å². The van der Waals surface area contributed by atoms with Crippen molar-refractivity contribution in [2.75, 3.05) is 0 Å². The Hall–Kier alpha value is -0.0400. The van der Waals surface area contributed by atoms with Crippen molar-refractivity contribution in [3.63, 3.8) is 0 Å². The van der Waals surface area contributed by atoms with Crippen LogP contribution in [0, 0.1) is 57.7 Å². The first-order chi connectivity index (χ1) is 14.3. The van der Waals surface area contributed by atoms with Crippen molar-refractivity contribution in [3.8, 4) is 0 Å². The zero-order chi connectivity index (χ0) is 22.8. The number of rotatable bonds is 5. The van der Waals surface area contributed by atoms with E-state index >= 15 is 0 Å². The first kappa shape index (κ1) is 21.8. The molecule has 4 rings (SSSR count). The molecular weight excluding hydrogens is 364 g/mol. The zero-order valence-corrected chi connectivity index (χ0v) is 21.3. The lowest BCUT2D eigenvalue weighted by molar-refractivity contribution is -0.170. The highest BCUT2D eigenvalue weighted by atomic mass is 16.3. The molecule has 1 N–H and O–H groups in total. The Morgan fingerprint density at radius 3 is 2.27 bits per heavy atom. The first-order valence-electron chi connectivity index (χ1n) is 14.0. The minimum Gasteiger partial charge on any atom is -0.393 e. The topological polar surface area (TPSA) is 20.2 Å². The molecule has 4 fully saturated rings. The summed E-state index contributed by atoms with van der Waals surface area (Å²) in [5.74, 6) is 5.71. The van der Waals surface area contributed by atoms with Gasteiger partial charge in [-0.15, -0.1) is 0 Å². The minimum absolute atomic E-state index is 0.0817. The third-order valence-electron chi connectivity index (χ3n) is 11.3. The molecule has 1 nitrogen and oxygen atoms in total. The van der Waals surface area contributed by atoms with Crippen molar-refractivity contribution in [1.29, 1.82) is 0 Å². The second-order valence-electron chi connectivity index (χ2n) is 14.0. The van der Waals surface area contributed by atoms with Gasteiger partial charge >= 0.3 is 0 Å². The molecule has 1 heteroatoms. The third-order valence-corrected chi connectivity index (χ3v) is 11.3. The van der Waals surface area contributed by atoms with Crippen LogP contribution in [0.3, 0.4) is 0 Å². The molecule has 4 saturated carbocycles. The van der Waals surface area contributed by atoms with Gasteiger partial charge in [-0.05, 0) is 109 Å². The lowest BCUT2D eigenvalue weighted by Crippen LogP contribution is -2.58. The Morgan fingerprint density at radius 1 is 0.867 bits per heavy atom. The summed E-state index contributed by atoms with van der Waals surface area (Å²) in [7, 11) is 0. The summed E-state index contributed by atoms with van der Waals surface area (Å²) in [6, 6.07) is 0. The van der Waals surface area contributed by atoms with Gasteiger partial charge in [0, 0.05) is 0 Å². The summed E-state index contributed by atoms with van der Waals surface area (Å²) in [5.41, 5.74) is 0.755. The summed E-state index contributed by atoms with van der Waals surface area (Å²) in [5, 5.41) is 10.9. The normalized spacial score (nSPS) is 51.6. The Kier molecular flexibility index (Phi) is 5.86. The fourth-order valence-corrected chi connectivity index (χ4v) is 10.2. The molecule has 0 saturated heterocycles. The van der Waals surface area contributed by atoms with E-state index in [-0.39, 0.29) is 10.8 Å². The summed E-state index contributed by atoms with van der Waals surface area (Å²) >= 11 is 0. The van der Waals surface area contributed by atoms with E-state index in [0.29, 0.717) is 24.2 Å². The summed E-state index contributed by atoms with van der Waals surface area (Å²) < 4.78 is 8.66. The largest absolute Gasteiger partial charge is 0.393 e. The molecule has 0 heterocycles. The van der Waals surface area contributed by atoms with Crippen LogP contribution in [-0.4, -0.2) is 11.2 Å².